The monoisotopic (exact) mass is 327 g/mol. The predicted octanol–water partition coefficient (Wildman–Crippen LogP) is 1.96. The summed E-state index contributed by atoms with van der Waals surface area (Å²) in [7, 11) is 1.25. The first-order valence-corrected chi connectivity index (χ1v) is 7.44. The summed E-state index contributed by atoms with van der Waals surface area (Å²) in [6.07, 6.45) is 0.986. The maximum atomic E-state index is 11.9. The Labute approximate surface area is 131 Å². The van der Waals surface area contributed by atoms with E-state index in [-0.39, 0.29) is 24.5 Å². The van der Waals surface area contributed by atoms with Crippen molar-refractivity contribution in [1.29, 1.82) is 0 Å². The number of hydrogen-bond acceptors (Lipinski definition) is 8. The number of ether oxygens (including phenoxy) is 3. The smallest absolute Gasteiger partial charge is 0.355 e. The molecule has 1 N–H and O–H groups in total. The van der Waals surface area contributed by atoms with E-state index < -0.39 is 17.9 Å². The molecule has 0 spiro atoms. The zero-order valence-electron chi connectivity index (χ0n) is 12.5. The predicted molar refractivity (Wildman–Crippen MR) is 80.6 cm³/mol. The lowest BCUT2D eigenvalue weighted by molar-refractivity contribution is -0.140. The van der Waals surface area contributed by atoms with Crippen LogP contribution in [-0.4, -0.2) is 38.2 Å². The molecule has 1 aromatic rings. The van der Waals surface area contributed by atoms with Crippen LogP contribution in [0.4, 0.5) is 5.69 Å². The highest BCUT2D eigenvalue weighted by molar-refractivity contribution is 7.08. The van der Waals surface area contributed by atoms with E-state index in [2.05, 4.69) is 10.1 Å². The molecule has 0 radical (unpaired) electrons. The first-order chi connectivity index (χ1) is 10.5. The minimum atomic E-state index is -0.724. The number of thiophene rings is 1. The minimum Gasteiger partial charge on any atom is -0.465 e. The van der Waals surface area contributed by atoms with Gasteiger partial charge in [0.15, 0.2) is 0 Å². The van der Waals surface area contributed by atoms with Gasteiger partial charge in [0.1, 0.15) is 5.70 Å². The van der Waals surface area contributed by atoms with Crippen molar-refractivity contribution in [2.24, 2.45) is 0 Å². The summed E-state index contributed by atoms with van der Waals surface area (Å²) in [5.74, 6) is -1.96. The number of hydrogen-bond donors (Lipinski definition) is 1. The highest BCUT2D eigenvalue weighted by atomic mass is 32.1. The summed E-state index contributed by atoms with van der Waals surface area (Å²) in [5, 5.41) is 5.90. The Kier molecular flexibility index (Phi) is 7.11. The van der Waals surface area contributed by atoms with Gasteiger partial charge in [-0.1, -0.05) is 0 Å². The van der Waals surface area contributed by atoms with E-state index in [1.54, 1.807) is 24.6 Å². The molecule has 7 nitrogen and oxygen atoms in total. The molecule has 1 aromatic heterocycles. The lowest BCUT2D eigenvalue weighted by atomic mass is 10.2. The van der Waals surface area contributed by atoms with Gasteiger partial charge in [-0.3, -0.25) is 0 Å². The molecular weight excluding hydrogens is 310 g/mol. The minimum absolute atomic E-state index is 0.121. The molecule has 8 heteroatoms. The van der Waals surface area contributed by atoms with Crippen molar-refractivity contribution in [3.05, 3.63) is 28.1 Å². The van der Waals surface area contributed by atoms with Gasteiger partial charge in [0.2, 0.25) is 0 Å². The number of methoxy groups -OCH3 is 1. The molecule has 0 saturated heterocycles. The molecule has 1 heterocycles. The zero-order valence-corrected chi connectivity index (χ0v) is 13.3. The normalized spacial score (nSPS) is 10.8. The third kappa shape index (κ3) is 4.88. The number of nitrogens with one attached hydrogen (secondary N) is 1. The van der Waals surface area contributed by atoms with Crippen molar-refractivity contribution in [2.75, 3.05) is 25.6 Å². The largest absolute Gasteiger partial charge is 0.465 e. The first kappa shape index (κ1) is 17.7. The molecule has 1 rings (SSSR count). The van der Waals surface area contributed by atoms with E-state index in [4.69, 9.17) is 9.47 Å². The van der Waals surface area contributed by atoms with Crippen LogP contribution >= 0.6 is 11.3 Å². The van der Waals surface area contributed by atoms with E-state index in [1.807, 2.05) is 0 Å². The average Bonchev–Trinajstić information content (AvgIpc) is 2.94. The van der Waals surface area contributed by atoms with Crippen LogP contribution in [0.3, 0.4) is 0 Å². The standard InChI is InChI=1S/C14H17NO6S/c1-4-20-12(16)6-10(14(18)21-5-2)15-11-8-22-7-9(11)13(17)19-3/h6-8,15H,4-5H2,1-3H3/b10-6-. The molecule has 0 amide bonds. The SMILES string of the molecule is CCOC(=O)/C=C(\Nc1cscc1C(=O)OC)C(=O)OCC. The summed E-state index contributed by atoms with van der Waals surface area (Å²) in [5.41, 5.74) is 0.482. The van der Waals surface area contributed by atoms with Crippen LogP contribution in [-0.2, 0) is 23.8 Å². The molecule has 0 saturated carbocycles. The number of carbonyl (C=O) groups is 3. The van der Waals surface area contributed by atoms with Crippen molar-refractivity contribution in [2.45, 2.75) is 13.8 Å². The van der Waals surface area contributed by atoms with Gasteiger partial charge in [0, 0.05) is 10.8 Å². The Morgan fingerprint density at radius 3 is 2.45 bits per heavy atom. The fourth-order valence-corrected chi connectivity index (χ4v) is 2.21. The van der Waals surface area contributed by atoms with Gasteiger partial charge >= 0.3 is 17.9 Å². The Morgan fingerprint density at radius 1 is 1.18 bits per heavy atom. The highest BCUT2D eigenvalue weighted by Gasteiger charge is 2.19. The second-order valence-electron chi connectivity index (χ2n) is 3.85. The summed E-state index contributed by atoms with van der Waals surface area (Å²) < 4.78 is 14.3. The van der Waals surface area contributed by atoms with Crippen LogP contribution in [0.15, 0.2) is 22.5 Å². The van der Waals surface area contributed by atoms with Crippen molar-refractivity contribution in [1.82, 2.24) is 0 Å². The van der Waals surface area contributed by atoms with Crippen LogP contribution < -0.4 is 5.32 Å². The maximum Gasteiger partial charge on any atom is 0.355 e. The van der Waals surface area contributed by atoms with Gasteiger partial charge in [0.05, 0.1) is 37.7 Å². The lowest BCUT2D eigenvalue weighted by Gasteiger charge is -2.10. The molecule has 120 valence electrons. The molecule has 0 atom stereocenters. The van der Waals surface area contributed by atoms with Crippen LogP contribution in [0.1, 0.15) is 24.2 Å². The lowest BCUT2D eigenvalue weighted by Crippen LogP contribution is -2.18. The molecule has 0 aliphatic heterocycles. The zero-order chi connectivity index (χ0) is 16.5. The summed E-state index contributed by atoms with van der Waals surface area (Å²) in [6, 6.07) is 0. The number of rotatable bonds is 7. The topological polar surface area (TPSA) is 90.9 Å². The van der Waals surface area contributed by atoms with E-state index in [0.717, 1.165) is 6.08 Å². The van der Waals surface area contributed by atoms with Crippen LogP contribution in [0.25, 0.3) is 0 Å². The van der Waals surface area contributed by atoms with Gasteiger partial charge in [0.25, 0.3) is 0 Å². The average molecular weight is 327 g/mol. The van der Waals surface area contributed by atoms with Crippen molar-refractivity contribution >= 4 is 34.9 Å². The van der Waals surface area contributed by atoms with Crippen molar-refractivity contribution in [3.63, 3.8) is 0 Å². The molecule has 0 bridgehead atoms. The summed E-state index contributed by atoms with van der Waals surface area (Å²) >= 11 is 1.25. The molecule has 0 unspecified atom stereocenters. The van der Waals surface area contributed by atoms with E-state index in [0.29, 0.717) is 5.69 Å². The summed E-state index contributed by atoms with van der Waals surface area (Å²) in [4.78, 5) is 35.0. The van der Waals surface area contributed by atoms with Gasteiger partial charge in [-0.25, -0.2) is 14.4 Å². The molecule has 0 fully saturated rings. The van der Waals surface area contributed by atoms with Crippen LogP contribution in [0, 0.1) is 0 Å². The van der Waals surface area contributed by atoms with E-state index >= 15 is 0 Å². The Hall–Kier alpha value is -2.35. The second-order valence-corrected chi connectivity index (χ2v) is 4.59. The molecule has 0 aromatic carbocycles. The Balaban J connectivity index is 3.03. The number of anilines is 1. The van der Waals surface area contributed by atoms with Gasteiger partial charge in [-0.2, -0.15) is 0 Å². The van der Waals surface area contributed by atoms with Crippen molar-refractivity contribution in [3.8, 4) is 0 Å². The van der Waals surface area contributed by atoms with E-state index in [9.17, 15) is 14.4 Å². The first-order valence-electron chi connectivity index (χ1n) is 6.50. The molecule has 0 aliphatic carbocycles. The maximum absolute atomic E-state index is 11.9. The third-order valence-electron chi connectivity index (χ3n) is 2.38. The van der Waals surface area contributed by atoms with Gasteiger partial charge in [-0.05, 0) is 13.8 Å². The van der Waals surface area contributed by atoms with Crippen LogP contribution in [0.5, 0.6) is 0 Å². The molecule has 0 aliphatic rings. The quantitative estimate of drug-likeness (QED) is 0.465. The number of carbonyl (C=O) groups excluding carboxylic acids is 3. The van der Waals surface area contributed by atoms with E-state index in [1.165, 1.54) is 18.4 Å². The molecule has 22 heavy (non-hydrogen) atoms. The molecular formula is C14H17NO6S. The Morgan fingerprint density at radius 2 is 1.86 bits per heavy atom. The third-order valence-corrected chi connectivity index (χ3v) is 3.12. The van der Waals surface area contributed by atoms with Crippen LogP contribution in [0.2, 0.25) is 0 Å². The second kappa shape index (κ2) is 8.83. The fraction of sp³-hybridized carbons (Fsp3) is 0.357. The fourth-order valence-electron chi connectivity index (χ4n) is 1.46. The number of esters is 3. The Bertz CT molecular complexity index is 578. The van der Waals surface area contributed by atoms with Gasteiger partial charge in [-0.15, -0.1) is 11.3 Å². The summed E-state index contributed by atoms with van der Waals surface area (Å²) in [6.45, 7) is 3.62. The highest BCUT2D eigenvalue weighted by Crippen LogP contribution is 2.23. The van der Waals surface area contributed by atoms with Gasteiger partial charge < -0.3 is 19.5 Å². The van der Waals surface area contributed by atoms with Crippen molar-refractivity contribution < 1.29 is 28.6 Å².